The summed E-state index contributed by atoms with van der Waals surface area (Å²) in [6.07, 6.45) is 3.99. The number of nitrogens with one attached hydrogen (secondary N) is 1. The van der Waals surface area contributed by atoms with Crippen LogP contribution in [0, 0.1) is 0 Å². The zero-order valence-electron chi connectivity index (χ0n) is 16.8. The number of hydrogen-bond acceptors (Lipinski definition) is 3. The van der Waals surface area contributed by atoms with E-state index >= 15 is 0 Å². The van der Waals surface area contributed by atoms with Crippen LogP contribution in [0.4, 0.5) is 0 Å². The van der Waals surface area contributed by atoms with Crippen LogP contribution in [0.5, 0.6) is 0 Å². The normalized spacial score (nSPS) is 23.6. The van der Waals surface area contributed by atoms with Crippen LogP contribution < -0.4 is 5.32 Å². The van der Waals surface area contributed by atoms with Gasteiger partial charge in [-0.1, -0.05) is 46.3 Å². The van der Waals surface area contributed by atoms with Gasteiger partial charge in [0, 0.05) is 28.0 Å². The van der Waals surface area contributed by atoms with Gasteiger partial charge in [-0.05, 0) is 55.0 Å². The Bertz CT molecular complexity index is 968. The lowest BCUT2D eigenvalue weighted by Gasteiger charge is -2.37. The summed E-state index contributed by atoms with van der Waals surface area (Å²) in [6.45, 7) is 1.37. The fourth-order valence-corrected chi connectivity index (χ4v) is 4.96. The lowest BCUT2D eigenvalue weighted by atomic mass is 9.86. The molecule has 1 spiro atoms. The van der Waals surface area contributed by atoms with Crippen molar-refractivity contribution in [2.75, 3.05) is 13.1 Å². The van der Waals surface area contributed by atoms with Gasteiger partial charge in [0.15, 0.2) is 0 Å². The smallest absolute Gasteiger partial charge is 0.254 e. The summed E-state index contributed by atoms with van der Waals surface area (Å²) in [5.74, 6) is -0.117. The van der Waals surface area contributed by atoms with Crippen LogP contribution >= 0.6 is 15.9 Å². The summed E-state index contributed by atoms with van der Waals surface area (Å²) in [4.78, 5) is 27.2. The van der Waals surface area contributed by atoms with Crippen molar-refractivity contribution in [3.8, 4) is 0 Å². The molecule has 1 N–H and O–H groups in total. The van der Waals surface area contributed by atoms with Gasteiger partial charge in [0.05, 0.1) is 19.3 Å². The summed E-state index contributed by atoms with van der Waals surface area (Å²) in [5.41, 5.74) is 3.08. The molecular formula is C24H25BrN2O3. The van der Waals surface area contributed by atoms with Crippen LogP contribution in [0.25, 0.3) is 0 Å². The van der Waals surface area contributed by atoms with Crippen molar-refractivity contribution in [1.29, 1.82) is 0 Å². The van der Waals surface area contributed by atoms with Crippen LogP contribution in [0.1, 0.15) is 47.2 Å². The summed E-state index contributed by atoms with van der Waals surface area (Å²) in [5, 5.41) is 3.07. The zero-order chi connectivity index (χ0) is 20.7. The van der Waals surface area contributed by atoms with Gasteiger partial charge < -0.3 is 15.0 Å². The van der Waals surface area contributed by atoms with Crippen LogP contribution in [0.15, 0.2) is 53.0 Å². The van der Waals surface area contributed by atoms with E-state index in [4.69, 9.17) is 4.74 Å². The predicted molar refractivity (Wildman–Crippen MR) is 117 cm³/mol. The Labute approximate surface area is 184 Å². The average molecular weight is 469 g/mol. The number of ether oxygens (including phenoxy) is 1. The predicted octanol–water partition coefficient (Wildman–Crippen LogP) is 3.80. The number of carbonyl (C=O) groups is 2. The van der Waals surface area contributed by atoms with Crippen LogP contribution in [-0.2, 0) is 21.6 Å². The van der Waals surface area contributed by atoms with E-state index in [2.05, 4.69) is 39.4 Å². The molecule has 5 nitrogen and oxygen atoms in total. The Kier molecular flexibility index (Phi) is 5.15. The molecule has 1 heterocycles. The molecule has 30 heavy (non-hydrogen) atoms. The van der Waals surface area contributed by atoms with E-state index in [0.717, 1.165) is 46.8 Å². The number of amides is 2. The molecule has 2 amide bonds. The third-order valence-corrected chi connectivity index (χ3v) is 7.03. The quantitative estimate of drug-likeness (QED) is 0.701. The van der Waals surface area contributed by atoms with Crippen molar-refractivity contribution >= 4 is 27.7 Å². The van der Waals surface area contributed by atoms with E-state index in [1.54, 1.807) is 4.90 Å². The molecule has 0 atom stereocenters. The van der Waals surface area contributed by atoms with E-state index in [1.165, 1.54) is 0 Å². The molecule has 0 aromatic heterocycles. The van der Waals surface area contributed by atoms with Crippen molar-refractivity contribution in [3.63, 3.8) is 0 Å². The van der Waals surface area contributed by atoms with E-state index in [-0.39, 0.29) is 35.9 Å². The first-order valence-electron chi connectivity index (χ1n) is 10.6. The zero-order valence-corrected chi connectivity index (χ0v) is 18.4. The number of fused-ring (bicyclic) bond motifs is 2. The van der Waals surface area contributed by atoms with Crippen molar-refractivity contribution in [1.82, 2.24) is 10.2 Å². The molecule has 2 saturated carbocycles. The first-order valence-corrected chi connectivity index (χ1v) is 11.4. The molecule has 0 radical (unpaired) electrons. The second-order valence-corrected chi connectivity index (χ2v) is 9.70. The molecule has 6 heteroatoms. The maximum atomic E-state index is 12.9. The highest BCUT2D eigenvalue weighted by Gasteiger charge is 2.51. The van der Waals surface area contributed by atoms with Crippen molar-refractivity contribution in [2.24, 2.45) is 0 Å². The second-order valence-electron chi connectivity index (χ2n) is 8.79. The van der Waals surface area contributed by atoms with Crippen LogP contribution in [0.2, 0.25) is 0 Å². The second kappa shape index (κ2) is 7.82. The highest BCUT2D eigenvalue weighted by molar-refractivity contribution is 9.10. The molecule has 2 aromatic rings. The van der Waals surface area contributed by atoms with Crippen LogP contribution in [-0.4, -0.2) is 41.9 Å². The molecule has 3 aliphatic rings. The maximum Gasteiger partial charge on any atom is 0.254 e. The highest BCUT2D eigenvalue weighted by atomic mass is 79.9. The summed E-state index contributed by atoms with van der Waals surface area (Å²) < 4.78 is 6.91. The van der Waals surface area contributed by atoms with E-state index in [0.29, 0.717) is 13.2 Å². The molecule has 156 valence electrons. The number of benzene rings is 2. The summed E-state index contributed by atoms with van der Waals surface area (Å²) >= 11 is 3.52. The third-order valence-electron chi connectivity index (χ3n) is 6.54. The minimum Gasteiger partial charge on any atom is -0.373 e. The maximum absolute atomic E-state index is 12.9. The Morgan fingerprint density at radius 3 is 2.67 bits per heavy atom. The Hall–Kier alpha value is -2.18. The Morgan fingerprint density at radius 1 is 1.17 bits per heavy atom. The highest BCUT2D eigenvalue weighted by Crippen LogP contribution is 2.52. The first kappa shape index (κ1) is 19.8. The SMILES string of the molecule is O=C(CN1CC2(CC2)c2cc(Br)ccc2C1=O)N[C@H]1C[C@H](OCc2ccccc2)C1. The van der Waals surface area contributed by atoms with E-state index in [9.17, 15) is 9.59 Å². The molecule has 5 rings (SSSR count). The molecule has 2 fully saturated rings. The largest absolute Gasteiger partial charge is 0.373 e. The van der Waals surface area contributed by atoms with Gasteiger partial charge in [-0.3, -0.25) is 9.59 Å². The van der Waals surface area contributed by atoms with E-state index in [1.807, 2.05) is 30.3 Å². The summed E-state index contributed by atoms with van der Waals surface area (Å²) in [7, 11) is 0. The molecule has 1 aliphatic heterocycles. The standard InChI is InChI=1S/C24H25BrN2O3/c25-17-6-7-20-21(10-17)24(8-9-24)15-27(23(20)29)13-22(28)26-18-11-19(12-18)30-14-16-4-2-1-3-5-16/h1-7,10,18-19H,8-9,11-15H2,(H,26,28)/t18-,19-. The third kappa shape index (κ3) is 3.91. The molecule has 0 saturated heterocycles. The van der Waals surface area contributed by atoms with Gasteiger partial charge in [0.1, 0.15) is 0 Å². The van der Waals surface area contributed by atoms with Gasteiger partial charge >= 0.3 is 0 Å². The monoisotopic (exact) mass is 468 g/mol. The number of halogens is 1. The number of nitrogens with zero attached hydrogens (tertiary/aromatic N) is 1. The molecule has 0 bridgehead atoms. The minimum absolute atomic E-state index is 0.0390. The van der Waals surface area contributed by atoms with Crippen molar-refractivity contribution in [3.05, 3.63) is 69.7 Å². The number of rotatable bonds is 6. The topological polar surface area (TPSA) is 58.6 Å². The van der Waals surface area contributed by atoms with Crippen LogP contribution in [0.3, 0.4) is 0 Å². The molecule has 2 aromatic carbocycles. The van der Waals surface area contributed by atoms with Gasteiger partial charge in [-0.15, -0.1) is 0 Å². The fraction of sp³-hybridized carbons (Fsp3) is 0.417. The molecule has 0 unspecified atom stereocenters. The minimum atomic E-state index is -0.0776. The number of hydrogen-bond donors (Lipinski definition) is 1. The fourth-order valence-electron chi connectivity index (χ4n) is 4.59. The van der Waals surface area contributed by atoms with Crippen molar-refractivity contribution in [2.45, 2.75) is 49.9 Å². The molecule has 2 aliphatic carbocycles. The van der Waals surface area contributed by atoms with Gasteiger partial charge in [-0.2, -0.15) is 0 Å². The lowest BCUT2D eigenvalue weighted by molar-refractivity contribution is -0.124. The van der Waals surface area contributed by atoms with Gasteiger partial charge in [-0.25, -0.2) is 0 Å². The van der Waals surface area contributed by atoms with Gasteiger partial charge in [0.2, 0.25) is 5.91 Å². The lowest BCUT2D eigenvalue weighted by Crippen LogP contribution is -2.53. The van der Waals surface area contributed by atoms with Gasteiger partial charge in [0.25, 0.3) is 5.91 Å². The molecular weight excluding hydrogens is 444 g/mol. The first-order chi connectivity index (χ1) is 14.5. The number of carbonyl (C=O) groups excluding carboxylic acids is 2. The summed E-state index contributed by atoms with van der Waals surface area (Å²) in [6, 6.07) is 16.1. The Balaban J connectivity index is 1.12. The average Bonchev–Trinajstić information content (AvgIpc) is 3.48. The van der Waals surface area contributed by atoms with Crippen molar-refractivity contribution < 1.29 is 14.3 Å². The van der Waals surface area contributed by atoms with E-state index < -0.39 is 0 Å². The Morgan fingerprint density at radius 2 is 1.93 bits per heavy atom.